The molecule has 0 aromatic heterocycles. The lowest BCUT2D eigenvalue weighted by molar-refractivity contribution is 0.0322. The third kappa shape index (κ3) is 10.3. The number of benzene rings is 9. The average molecular weight is 1180 g/mol. The molecule has 8 N–H and O–H groups in total. The molecule has 0 bridgehead atoms. The Morgan fingerprint density at radius 1 is 0.368 bits per heavy atom. The largest absolute Gasteiger partial charge is 0.496 e. The highest BCUT2D eigenvalue weighted by Crippen LogP contribution is 2.47. The number of methoxy groups -OCH3 is 4. The van der Waals surface area contributed by atoms with Gasteiger partial charge in [-0.15, -0.1) is 0 Å². The lowest BCUT2D eigenvalue weighted by atomic mass is 9.81. The van der Waals surface area contributed by atoms with Crippen molar-refractivity contribution in [2.24, 2.45) is 0 Å². The molecule has 3 fully saturated rings. The lowest BCUT2D eigenvalue weighted by Gasteiger charge is -2.42. The molecule has 6 heterocycles. The Morgan fingerprint density at radius 3 is 1.23 bits per heavy atom. The second kappa shape index (κ2) is 24.7. The van der Waals surface area contributed by atoms with Crippen LogP contribution in [0.2, 0.25) is 0 Å². The molecule has 15 rings (SSSR count). The molecule has 456 valence electrons. The van der Waals surface area contributed by atoms with Crippen LogP contribution in [0.1, 0.15) is 111 Å². The van der Waals surface area contributed by atoms with Gasteiger partial charge < -0.3 is 59.8 Å². The predicted octanol–water partition coefficient (Wildman–Crippen LogP) is 9.38. The third-order valence-corrected chi connectivity index (χ3v) is 20.5. The first kappa shape index (κ1) is 59.3. The maximum atomic E-state index is 10.2. The number of nitrogens with zero attached hydrogens (tertiary/aromatic N) is 3. The molecule has 87 heavy (non-hydrogen) atoms. The number of fused-ring (bicyclic) bond motifs is 21. The van der Waals surface area contributed by atoms with Crippen molar-refractivity contribution in [3.8, 4) is 23.0 Å². The fraction of sp³-hybridized carbons (Fsp3) is 0.417. The van der Waals surface area contributed by atoms with Gasteiger partial charge >= 0.3 is 0 Å². The summed E-state index contributed by atoms with van der Waals surface area (Å²) in [4.78, 5) is 7.67. The standard InChI is InChI=1S/3C24H27NO4/c1-28-23-9-20-17(6-14(23)12-26)18-7-15(13-27)24(29-2)10-21(18)22-11-25-5-3-4-16(25)8-19(20)22;1-29-24-10-22-20(7-15(24)13-27)19-6-14(12-26)2-3-18(19)23-11-25-5-4-17(28)8-16(25)9-21(22)23;1-29-23-9-19-18-8-16-3-2-6-25(16)10-21(18)17-5-4-14(11-26)22(13-28)24(17)20(19)7-15(23)12-27/h6-7,9-10,16,26-27H,3-5,8,11-13H2,1-2H3;2-3,6-7,10,16-17,26-28H,4-5,8-9,11-13H2,1H3;4-5,7,9,16,26-28H,2-3,6,8,10-13H2,1H3/t16-;16-,17-;16-/m111/s1. The van der Waals surface area contributed by atoms with Crippen LogP contribution in [0.25, 0.3) is 64.6 Å². The van der Waals surface area contributed by atoms with Crippen LogP contribution in [0.4, 0.5) is 0 Å². The van der Waals surface area contributed by atoms with E-state index < -0.39 is 0 Å². The van der Waals surface area contributed by atoms with Crippen LogP contribution in [-0.2, 0) is 85.1 Å². The number of rotatable bonds is 11. The highest BCUT2D eigenvalue weighted by atomic mass is 16.5. The first-order valence-corrected chi connectivity index (χ1v) is 31.0. The number of aliphatic hydroxyl groups excluding tert-OH is 8. The van der Waals surface area contributed by atoms with Crippen molar-refractivity contribution in [3.63, 3.8) is 0 Å². The van der Waals surface area contributed by atoms with E-state index >= 15 is 0 Å². The smallest absolute Gasteiger partial charge is 0.125 e. The molecule has 0 aliphatic carbocycles. The minimum absolute atomic E-state index is 0.00359. The Bertz CT molecular complexity index is 4000. The van der Waals surface area contributed by atoms with Gasteiger partial charge in [0.2, 0.25) is 0 Å². The summed E-state index contributed by atoms with van der Waals surface area (Å²) in [6.07, 6.45) is 9.36. The van der Waals surface area contributed by atoms with Crippen LogP contribution in [0.15, 0.2) is 78.9 Å². The highest BCUT2D eigenvalue weighted by Gasteiger charge is 2.37. The van der Waals surface area contributed by atoms with Crippen molar-refractivity contribution in [1.82, 2.24) is 14.7 Å². The molecule has 9 aromatic rings. The Balaban J connectivity index is 0.000000121. The summed E-state index contributed by atoms with van der Waals surface area (Å²) in [7, 11) is 6.58. The van der Waals surface area contributed by atoms with Gasteiger partial charge in [0.15, 0.2) is 0 Å². The average Bonchev–Trinajstić information content (AvgIpc) is 2.87. The zero-order valence-electron chi connectivity index (χ0n) is 50.4. The van der Waals surface area contributed by atoms with E-state index in [1.807, 2.05) is 36.4 Å². The first-order chi connectivity index (χ1) is 42.5. The van der Waals surface area contributed by atoms with Gasteiger partial charge in [0.25, 0.3) is 0 Å². The number of aliphatic hydroxyl groups is 8. The molecule has 9 aromatic carbocycles. The molecule has 15 nitrogen and oxygen atoms in total. The van der Waals surface area contributed by atoms with Gasteiger partial charge in [0, 0.05) is 66.6 Å². The van der Waals surface area contributed by atoms with Crippen molar-refractivity contribution in [1.29, 1.82) is 0 Å². The third-order valence-electron chi connectivity index (χ3n) is 20.5. The molecular weight excluding hydrogens is 1100 g/mol. The van der Waals surface area contributed by atoms with Crippen molar-refractivity contribution in [2.45, 2.75) is 148 Å². The molecule has 6 aliphatic rings. The van der Waals surface area contributed by atoms with Gasteiger partial charge in [-0.3, -0.25) is 14.7 Å². The molecule has 0 saturated carbocycles. The van der Waals surface area contributed by atoms with Gasteiger partial charge in [-0.1, -0.05) is 24.3 Å². The molecule has 4 atom stereocenters. The zero-order valence-corrected chi connectivity index (χ0v) is 50.4. The van der Waals surface area contributed by atoms with E-state index in [4.69, 9.17) is 18.9 Å². The van der Waals surface area contributed by atoms with Crippen LogP contribution < -0.4 is 18.9 Å². The van der Waals surface area contributed by atoms with E-state index in [2.05, 4.69) is 57.2 Å². The monoisotopic (exact) mass is 1180 g/mol. The molecule has 0 spiro atoms. The van der Waals surface area contributed by atoms with Crippen molar-refractivity contribution < 1.29 is 59.8 Å². The summed E-state index contributed by atoms with van der Waals surface area (Å²) in [5, 5.41) is 92.8. The number of hydrogen-bond donors (Lipinski definition) is 8. The number of hydrogen-bond acceptors (Lipinski definition) is 15. The quantitative estimate of drug-likeness (QED) is 0.0568. The van der Waals surface area contributed by atoms with Crippen LogP contribution >= 0.6 is 0 Å². The molecule has 0 amide bonds. The summed E-state index contributed by atoms with van der Waals surface area (Å²) in [6.45, 7) is 5.37. The molecule has 3 saturated heterocycles. The van der Waals surface area contributed by atoms with Gasteiger partial charge in [-0.05, 0) is 240 Å². The molecule has 15 heteroatoms. The van der Waals surface area contributed by atoms with E-state index in [1.165, 1.54) is 75.2 Å². The Morgan fingerprint density at radius 2 is 0.770 bits per heavy atom. The first-order valence-electron chi connectivity index (χ1n) is 31.0. The van der Waals surface area contributed by atoms with E-state index in [9.17, 15) is 40.9 Å². The van der Waals surface area contributed by atoms with E-state index in [1.54, 1.807) is 28.4 Å². The Hall–Kier alpha value is -6.70. The SMILES string of the molecule is COc1cc2c3c(c4cc(OC)c(CO)cc4c2cc1CO)CN1CCC[C@@H]1C3.COc1cc2c3c(c4ccc(CO)c(CO)c4c2cc1CO)CN1CCC[C@@H]1C3.COc1cc2c3c(c4ccc(CO)cc4c2cc1CO)CN1CC[C@@H](O)C[C@@H]1C3. The van der Waals surface area contributed by atoms with Crippen LogP contribution in [0.3, 0.4) is 0 Å². The summed E-state index contributed by atoms with van der Waals surface area (Å²) in [5.41, 5.74) is 13.5. The number of piperidine rings is 1. The van der Waals surface area contributed by atoms with Crippen molar-refractivity contribution >= 4 is 64.6 Å². The van der Waals surface area contributed by atoms with Crippen LogP contribution in [-0.4, -0.2) is 128 Å². The molecule has 0 unspecified atom stereocenters. The van der Waals surface area contributed by atoms with Gasteiger partial charge in [0.1, 0.15) is 23.0 Å². The summed E-state index contributed by atoms with van der Waals surface area (Å²) in [6, 6.07) is 28.2. The molecular formula is C72H81N3O12. The maximum Gasteiger partial charge on any atom is 0.125 e. The van der Waals surface area contributed by atoms with Crippen LogP contribution in [0, 0.1) is 0 Å². The van der Waals surface area contributed by atoms with E-state index in [0.29, 0.717) is 29.6 Å². The fourth-order valence-electron chi connectivity index (χ4n) is 16.1. The van der Waals surface area contributed by atoms with E-state index in [0.717, 1.165) is 170 Å². The molecule has 0 radical (unpaired) electrons. The Kier molecular flexibility index (Phi) is 16.8. The fourth-order valence-corrected chi connectivity index (χ4v) is 16.1. The zero-order chi connectivity index (χ0) is 60.4. The lowest BCUT2D eigenvalue weighted by Crippen LogP contribution is -2.47. The van der Waals surface area contributed by atoms with Crippen molar-refractivity contribution in [2.75, 3.05) is 48.1 Å². The minimum Gasteiger partial charge on any atom is -0.496 e. The van der Waals surface area contributed by atoms with Gasteiger partial charge in [-0.2, -0.15) is 0 Å². The normalized spacial score (nSPS) is 19.9. The second-order valence-corrected chi connectivity index (χ2v) is 24.8. The van der Waals surface area contributed by atoms with E-state index in [-0.39, 0.29) is 52.4 Å². The summed E-state index contributed by atoms with van der Waals surface area (Å²) < 4.78 is 22.3. The predicted molar refractivity (Wildman–Crippen MR) is 339 cm³/mol. The summed E-state index contributed by atoms with van der Waals surface area (Å²) in [5.74, 6) is 2.84. The highest BCUT2D eigenvalue weighted by molar-refractivity contribution is 6.15. The Labute approximate surface area is 507 Å². The van der Waals surface area contributed by atoms with Crippen LogP contribution in [0.5, 0.6) is 23.0 Å². The topological polar surface area (TPSA) is 208 Å². The van der Waals surface area contributed by atoms with Gasteiger partial charge in [0.05, 0.1) is 80.8 Å². The van der Waals surface area contributed by atoms with Gasteiger partial charge in [-0.25, -0.2) is 0 Å². The molecule has 6 aliphatic heterocycles. The minimum atomic E-state index is -0.216. The summed E-state index contributed by atoms with van der Waals surface area (Å²) >= 11 is 0. The van der Waals surface area contributed by atoms with Crippen molar-refractivity contribution in [3.05, 3.63) is 151 Å². The second-order valence-electron chi connectivity index (χ2n) is 24.8. The maximum absolute atomic E-state index is 10.2. The number of ether oxygens (including phenoxy) is 4.